The Bertz CT molecular complexity index is 860. The van der Waals surface area contributed by atoms with Crippen molar-refractivity contribution in [1.82, 2.24) is 0 Å². The highest BCUT2D eigenvalue weighted by Crippen LogP contribution is 2.43. The van der Waals surface area contributed by atoms with E-state index in [-0.39, 0.29) is 18.1 Å². The van der Waals surface area contributed by atoms with Gasteiger partial charge < -0.3 is 10.2 Å². The van der Waals surface area contributed by atoms with Gasteiger partial charge in [-0.15, -0.1) is 0 Å². The minimum absolute atomic E-state index is 0.0714. The van der Waals surface area contributed by atoms with Crippen LogP contribution in [0.4, 0.5) is 11.4 Å². The van der Waals surface area contributed by atoms with E-state index in [1.54, 1.807) is 12.1 Å². The number of nitrogens with zero attached hydrogens (tertiary/aromatic N) is 1. The number of Topliss-reactive ketones (excluding diaryl/α,β-unsaturated/α-hetero) is 1. The molecule has 0 saturated carbocycles. The maximum atomic E-state index is 12.6. The third kappa shape index (κ3) is 2.90. The molecule has 0 spiro atoms. The monoisotopic (exact) mass is 374 g/mol. The standard InChI is InChI=1S/C19H16Cl2N2O2/c20-14-6-7-15(21)18-17(14)13(19(25)22-18)10-16(24)11-2-4-12(5-3-11)23-8-1-9-23/h2-7,13H,1,8-10H2,(H,22,25). The van der Waals surface area contributed by atoms with E-state index in [9.17, 15) is 9.59 Å². The third-order valence-electron chi connectivity index (χ3n) is 4.85. The lowest BCUT2D eigenvalue weighted by Crippen LogP contribution is -2.36. The van der Waals surface area contributed by atoms with Crippen LogP contribution in [0, 0.1) is 0 Å². The number of halogens is 2. The first kappa shape index (κ1) is 16.4. The number of hydrogen-bond acceptors (Lipinski definition) is 3. The number of amides is 1. The minimum Gasteiger partial charge on any atom is -0.371 e. The first-order valence-corrected chi connectivity index (χ1v) is 8.97. The Morgan fingerprint density at radius 3 is 2.40 bits per heavy atom. The van der Waals surface area contributed by atoms with Crippen LogP contribution in [0.15, 0.2) is 36.4 Å². The van der Waals surface area contributed by atoms with E-state index < -0.39 is 5.92 Å². The molecule has 1 fully saturated rings. The zero-order chi connectivity index (χ0) is 17.6. The number of carbonyl (C=O) groups excluding carboxylic acids is 2. The molecule has 2 aliphatic heterocycles. The summed E-state index contributed by atoms with van der Waals surface area (Å²) >= 11 is 12.4. The Labute approximate surface area is 155 Å². The highest BCUT2D eigenvalue weighted by molar-refractivity contribution is 6.38. The number of hydrogen-bond donors (Lipinski definition) is 1. The summed E-state index contributed by atoms with van der Waals surface area (Å²) in [6, 6.07) is 10.9. The fourth-order valence-corrected chi connectivity index (χ4v) is 3.81. The molecule has 1 saturated heterocycles. The fraction of sp³-hybridized carbons (Fsp3) is 0.263. The highest BCUT2D eigenvalue weighted by Gasteiger charge is 2.35. The van der Waals surface area contributed by atoms with E-state index in [2.05, 4.69) is 10.2 Å². The average Bonchev–Trinajstić information content (AvgIpc) is 2.88. The predicted molar refractivity (Wildman–Crippen MR) is 100 cm³/mol. The normalized spacial score (nSPS) is 18.6. The zero-order valence-corrected chi connectivity index (χ0v) is 14.9. The Kier molecular flexibility index (Phi) is 4.18. The molecule has 128 valence electrons. The van der Waals surface area contributed by atoms with Crippen molar-refractivity contribution in [3.8, 4) is 0 Å². The summed E-state index contributed by atoms with van der Waals surface area (Å²) in [4.78, 5) is 27.2. The second kappa shape index (κ2) is 6.36. The first-order chi connectivity index (χ1) is 12.0. The molecule has 4 rings (SSSR count). The summed E-state index contributed by atoms with van der Waals surface area (Å²) in [6.45, 7) is 2.12. The topological polar surface area (TPSA) is 49.4 Å². The van der Waals surface area contributed by atoms with Crippen molar-refractivity contribution < 1.29 is 9.59 Å². The molecule has 2 heterocycles. The zero-order valence-electron chi connectivity index (χ0n) is 13.4. The van der Waals surface area contributed by atoms with Crippen molar-refractivity contribution in [3.63, 3.8) is 0 Å². The van der Waals surface area contributed by atoms with Gasteiger partial charge >= 0.3 is 0 Å². The Hall–Kier alpha value is -2.04. The van der Waals surface area contributed by atoms with Crippen LogP contribution in [0.5, 0.6) is 0 Å². The van der Waals surface area contributed by atoms with Crippen molar-refractivity contribution in [2.45, 2.75) is 18.8 Å². The van der Waals surface area contributed by atoms with Crippen LogP contribution in [0.1, 0.15) is 34.7 Å². The van der Waals surface area contributed by atoms with E-state index in [4.69, 9.17) is 23.2 Å². The summed E-state index contributed by atoms with van der Waals surface area (Å²) in [6.07, 6.45) is 1.28. The van der Waals surface area contributed by atoms with Gasteiger partial charge in [0.1, 0.15) is 0 Å². The molecule has 0 radical (unpaired) electrons. The van der Waals surface area contributed by atoms with Gasteiger partial charge in [0.25, 0.3) is 0 Å². The van der Waals surface area contributed by atoms with E-state index >= 15 is 0 Å². The van der Waals surface area contributed by atoms with Crippen LogP contribution in [-0.4, -0.2) is 24.8 Å². The smallest absolute Gasteiger partial charge is 0.232 e. The molecule has 1 N–H and O–H groups in total. The van der Waals surface area contributed by atoms with Gasteiger partial charge in [-0.3, -0.25) is 9.59 Å². The van der Waals surface area contributed by atoms with E-state index in [0.29, 0.717) is 26.9 Å². The number of benzene rings is 2. The Morgan fingerprint density at radius 1 is 1.08 bits per heavy atom. The molecule has 6 heteroatoms. The van der Waals surface area contributed by atoms with Crippen molar-refractivity contribution >= 4 is 46.3 Å². The van der Waals surface area contributed by atoms with E-state index in [1.165, 1.54) is 6.42 Å². The quantitative estimate of drug-likeness (QED) is 0.800. The number of fused-ring (bicyclic) bond motifs is 1. The van der Waals surface area contributed by atoms with Gasteiger partial charge in [-0.2, -0.15) is 0 Å². The molecule has 2 aromatic rings. The Balaban J connectivity index is 1.55. The number of carbonyl (C=O) groups is 2. The molecule has 1 atom stereocenters. The minimum atomic E-state index is -0.608. The molecule has 1 unspecified atom stereocenters. The SMILES string of the molecule is O=C(CC1C(=O)Nc2c(Cl)ccc(Cl)c21)c1ccc(N2CCC2)cc1. The third-order valence-corrected chi connectivity index (χ3v) is 5.50. The van der Waals surface area contributed by atoms with Crippen molar-refractivity contribution in [1.29, 1.82) is 0 Å². The second-order valence-corrected chi connectivity index (χ2v) is 7.19. The van der Waals surface area contributed by atoms with Crippen molar-refractivity contribution in [2.24, 2.45) is 0 Å². The number of ketones is 1. The molecule has 2 aliphatic rings. The van der Waals surface area contributed by atoms with Crippen LogP contribution < -0.4 is 10.2 Å². The molecule has 2 aromatic carbocycles. The van der Waals surface area contributed by atoms with Crippen LogP contribution in [0.3, 0.4) is 0 Å². The van der Waals surface area contributed by atoms with Gasteiger partial charge in [-0.05, 0) is 42.8 Å². The summed E-state index contributed by atoms with van der Waals surface area (Å²) in [5, 5.41) is 3.62. The molecular formula is C19H16Cl2N2O2. The summed E-state index contributed by atoms with van der Waals surface area (Å²) in [7, 11) is 0. The lowest BCUT2D eigenvalue weighted by Gasteiger charge is -2.33. The van der Waals surface area contributed by atoms with Gasteiger partial charge in [-0.25, -0.2) is 0 Å². The van der Waals surface area contributed by atoms with Gasteiger partial charge in [-0.1, -0.05) is 23.2 Å². The highest BCUT2D eigenvalue weighted by atomic mass is 35.5. The molecule has 4 nitrogen and oxygen atoms in total. The lowest BCUT2D eigenvalue weighted by molar-refractivity contribution is -0.117. The van der Waals surface area contributed by atoms with E-state index in [0.717, 1.165) is 18.8 Å². The molecular weight excluding hydrogens is 359 g/mol. The molecule has 25 heavy (non-hydrogen) atoms. The number of anilines is 2. The largest absolute Gasteiger partial charge is 0.371 e. The average molecular weight is 375 g/mol. The first-order valence-electron chi connectivity index (χ1n) is 8.21. The molecule has 0 aromatic heterocycles. The van der Waals surface area contributed by atoms with Crippen molar-refractivity contribution in [3.05, 3.63) is 57.6 Å². The van der Waals surface area contributed by atoms with Crippen LogP contribution in [0.25, 0.3) is 0 Å². The molecule has 1 amide bonds. The maximum absolute atomic E-state index is 12.6. The molecule has 0 bridgehead atoms. The fourth-order valence-electron chi connectivity index (χ4n) is 3.31. The number of rotatable bonds is 4. The maximum Gasteiger partial charge on any atom is 0.232 e. The van der Waals surface area contributed by atoms with Gasteiger partial charge in [0.15, 0.2) is 5.78 Å². The Morgan fingerprint density at radius 2 is 1.76 bits per heavy atom. The summed E-state index contributed by atoms with van der Waals surface area (Å²) < 4.78 is 0. The lowest BCUT2D eigenvalue weighted by atomic mass is 9.92. The van der Waals surface area contributed by atoms with Gasteiger partial charge in [0.05, 0.1) is 16.6 Å². The van der Waals surface area contributed by atoms with Gasteiger partial charge in [0.2, 0.25) is 5.91 Å². The van der Waals surface area contributed by atoms with E-state index in [1.807, 2.05) is 24.3 Å². The van der Waals surface area contributed by atoms with Crippen LogP contribution in [0.2, 0.25) is 10.0 Å². The van der Waals surface area contributed by atoms with Gasteiger partial charge in [0, 0.05) is 41.3 Å². The van der Waals surface area contributed by atoms with Crippen LogP contribution >= 0.6 is 23.2 Å². The second-order valence-electron chi connectivity index (χ2n) is 6.37. The van der Waals surface area contributed by atoms with Crippen molar-refractivity contribution in [2.75, 3.05) is 23.3 Å². The van der Waals surface area contributed by atoms with Crippen LogP contribution in [-0.2, 0) is 4.79 Å². The summed E-state index contributed by atoms with van der Waals surface area (Å²) in [5.41, 5.74) is 2.86. The molecule has 0 aliphatic carbocycles. The summed E-state index contributed by atoms with van der Waals surface area (Å²) in [5.74, 6) is -0.932. The predicted octanol–water partition coefficient (Wildman–Crippen LogP) is 4.51. The number of nitrogens with one attached hydrogen (secondary N) is 1.